The van der Waals surface area contributed by atoms with E-state index < -0.39 is 5.25 Å². The average Bonchev–Trinajstić information content (AvgIpc) is 3.05. The van der Waals surface area contributed by atoms with Gasteiger partial charge in [0, 0.05) is 15.5 Å². The topological polar surface area (TPSA) is 84.5 Å². The Hall–Kier alpha value is -3.10. The van der Waals surface area contributed by atoms with E-state index in [1.54, 1.807) is 6.92 Å². The molecular formula is C29H32N2O4S2. The number of fused-ring (bicyclic) bond motifs is 1. The van der Waals surface area contributed by atoms with Crippen LogP contribution in [0.25, 0.3) is 0 Å². The first-order chi connectivity index (χ1) is 17.9. The Balaban J connectivity index is 1.41. The number of nitrogens with one attached hydrogen (secondary N) is 2. The Morgan fingerprint density at radius 2 is 1.78 bits per heavy atom. The normalized spacial score (nSPS) is 13.7. The van der Waals surface area contributed by atoms with Crippen LogP contribution in [0.4, 0.5) is 10.7 Å². The summed E-state index contributed by atoms with van der Waals surface area (Å²) in [4.78, 5) is 40.4. The lowest BCUT2D eigenvalue weighted by Gasteiger charge is -2.14. The maximum absolute atomic E-state index is 13.1. The van der Waals surface area contributed by atoms with Crippen LogP contribution in [0.5, 0.6) is 0 Å². The molecule has 0 fully saturated rings. The first-order valence-corrected chi connectivity index (χ1v) is 14.4. The van der Waals surface area contributed by atoms with Crippen LogP contribution in [0, 0.1) is 0 Å². The van der Waals surface area contributed by atoms with Crippen molar-refractivity contribution in [2.45, 2.75) is 62.5 Å². The number of thiophene rings is 1. The van der Waals surface area contributed by atoms with E-state index in [0.717, 1.165) is 48.1 Å². The van der Waals surface area contributed by atoms with E-state index in [2.05, 4.69) is 10.6 Å². The molecule has 37 heavy (non-hydrogen) atoms. The van der Waals surface area contributed by atoms with Gasteiger partial charge in [-0.25, -0.2) is 4.79 Å². The highest BCUT2D eigenvalue weighted by atomic mass is 32.2. The minimum atomic E-state index is -0.410. The van der Waals surface area contributed by atoms with Crippen molar-refractivity contribution >= 4 is 51.6 Å². The van der Waals surface area contributed by atoms with Crippen molar-refractivity contribution in [2.24, 2.45) is 0 Å². The summed E-state index contributed by atoms with van der Waals surface area (Å²) in [7, 11) is 0. The van der Waals surface area contributed by atoms with Crippen LogP contribution in [0.15, 0.2) is 59.5 Å². The number of rotatable bonds is 9. The molecule has 1 atom stereocenters. The lowest BCUT2D eigenvalue weighted by atomic mass is 10.1. The SMILES string of the molecule is CCOC(=O)c1c(NC(=O)C(C)Sc2cccc(NC(=O)Cc3ccccc3)c2)sc2c1CCCCC2. The molecule has 2 amide bonds. The van der Waals surface area contributed by atoms with Crippen LogP contribution in [0.2, 0.25) is 0 Å². The number of amides is 2. The van der Waals surface area contributed by atoms with Gasteiger partial charge in [0.25, 0.3) is 0 Å². The predicted molar refractivity (Wildman–Crippen MR) is 151 cm³/mol. The summed E-state index contributed by atoms with van der Waals surface area (Å²) in [5, 5.41) is 6.12. The number of benzene rings is 2. The summed E-state index contributed by atoms with van der Waals surface area (Å²) in [5.74, 6) is -0.634. The molecule has 0 spiro atoms. The van der Waals surface area contributed by atoms with E-state index in [1.165, 1.54) is 28.0 Å². The van der Waals surface area contributed by atoms with Gasteiger partial charge in [-0.05, 0) is 68.9 Å². The summed E-state index contributed by atoms with van der Waals surface area (Å²) in [6.45, 7) is 3.92. The maximum atomic E-state index is 13.1. The Kier molecular flexibility index (Phi) is 9.41. The van der Waals surface area contributed by atoms with Gasteiger partial charge < -0.3 is 15.4 Å². The summed E-state index contributed by atoms with van der Waals surface area (Å²) in [5.41, 5.74) is 3.20. The summed E-state index contributed by atoms with van der Waals surface area (Å²) in [6, 6.07) is 17.1. The number of anilines is 2. The Morgan fingerprint density at radius 1 is 1.00 bits per heavy atom. The second-order valence-electron chi connectivity index (χ2n) is 8.98. The third-order valence-corrected chi connectivity index (χ3v) is 8.45. The van der Waals surface area contributed by atoms with Gasteiger partial charge in [0.15, 0.2) is 0 Å². The predicted octanol–water partition coefficient (Wildman–Crippen LogP) is 6.49. The van der Waals surface area contributed by atoms with E-state index in [0.29, 0.717) is 29.3 Å². The van der Waals surface area contributed by atoms with Gasteiger partial charge in [0.2, 0.25) is 11.8 Å². The highest BCUT2D eigenvalue weighted by molar-refractivity contribution is 8.00. The fourth-order valence-electron chi connectivity index (χ4n) is 4.35. The molecule has 2 N–H and O–H groups in total. The minimum absolute atomic E-state index is 0.0944. The lowest BCUT2D eigenvalue weighted by Crippen LogP contribution is -2.23. The zero-order valence-electron chi connectivity index (χ0n) is 21.2. The van der Waals surface area contributed by atoms with Crippen LogP contribution in [0.1, 0.15) is 59.5 Å². The number of carbonyl (C=O) groups excluding carboxylic acids is 3. The van der Waals surface area contributed by atoms with Crippen molar-refractivity contribution in [1.82, 2.24) is 0 Å². The molecule has 0 saturated heterocycles. The van der Waals surface area contributed by atoms with Gasteiger partial charge in [-0.15, -0.1) is 23.1 Å². The number of aryl methyl sites for hydroxylation is 1. The molecule has 0 saturated carbocycles. The molecule has 1 aromatic heterocycles. The summed E-state index contributed by atoms with van der Waals surface area (Å²) >= 11 is 2.91. The highest BCUT2D eigenvalue weighted by Gasteiger charge is 2.27. The van der Waals surface area contributed by atoms with Crippen LogP contribution >= 0.6 is 23.1 Å². The van der Waals surface area contributed by atoms with E-state index in [4.69, 9.17) is 4.74 Å². The van der Waals surface area contributed by atoms with E-state index in [-0.39, 0.29) is 17.8 Å². The number of ether oxygens (including phenoxy) is 1. The molecule has 0 aliphatic heterocycles. The number of carbonyl (C=O) groups is 3. The Morgan fingerprint density at radius 3 is 2.57 bits per heavy atom. The summed E-state index contributed by atoms with van der Waals surface area (Å²) < 4.78 is 5.33. The van der Waals surface area contributed by atoms with Crippen LogP contribution in [-0.4, -0.2) is 29.6 Å². The van der Waals surface area contributed by atoms with Crippen molar-refractivity contribution in [3.05, 3.63) is 76.2 Å². The quantitative estimate of drug-likeness (QED) is 0.185. The molecular weight excluding hydrogens is 504 g/mol. The van der Waals surface area contributed by atoms with Gasteiger partial charge in [-0.3, -0.25) is 9.59 Å². The van der Waals surface area contributed by atoms with Gasteiger partial charge in [-0.1, -0.05) is 42.8 Å². The fraction of sp³-hybridized carbons (Fsp3) is 0.345. The second kappa shape index (κ2) is 12.9. The Bertz CT molecular complexity index is 1260. The first kappa shape index (κ1) is 26.9. The smallest absolute Gasteiger partial charge is 0.341 e. The van der Waals surface area contributed by atoms with Crippen molar-refractivity contribution in [3.63, 3.8) is 0 Å². The zero-order valence-corrected chi connectivity index (χ0v) is 22.8. The van der Waals surface area contributed by atoms with E-state index >= 15 is 0 Å². The molecule has 8 heteroatoms. The average molecular weight is 537 g/mol. The van der Waals surface area contributed by atoms with Crippen molar-refractivity contribution in [2.75, 3.05) is 17.2 Å². The Labute approximate surface area is 226 Å². The highest BCUT2D eigenvalue weighted by Crippen LogP contribution is 2.38. The number of esters is 1. The third-order valence-electron chi connectivity index (χ3n) is 6.14. The third kappa shape index (κ3) is 7.23. The van der Waals surface area contributed by atoms with Gasteiger partial charge >= 0.3 is 5.97 Å². The number of hydrogen-bond donors (Lipinski definition) is 2. The van der Waals surface area contributed by atoms with E-state index in [1.807, 2.05) is 61.5 Å². The van der Waals surface area contributed by atoms with Crippen molar-refractivity contribution in [3.8, 4) is 0 Å². The second-order valence-corrected chi connectivity index (χ2v) is 11.5. The van der Waals surface area contributed by atoms with Gasteiger partial charge in [0.1, 0.15) is 5.00 Å². The van der Waals surface area contributed by atoms with Gasteiger partial charge in [0.05, 0.1) is 23.8 Å². The van der Waals surface area contributed by atoms with Crippen LogP contribution < -0.4 is 10.6 Å². The molecule has 0 bridgehead atoms. The molecule has 1 aliphatic carbocycles. The van der Waals surface area contributed by atoms with Crippen LogP contribution in [0.3, 0.4) is 0 Å². The zero-order chi connectivity index (χ0) is 26.2. The minimum Gasteiger partial charge on any atom is -0.462 e. The molecule has 1 aliphatic rings. The molecule has 2 aromatic carbocycles. The van der Waals surface area contributed by atoms with Crippen LogP contribution in [-0.2, 0) is 33.6 Å². The van der Waals surface area contributed by atoms with Crippen molar-refractivity contribution < 1.29 is 19.1 Å². The standard InChI is InChI=1S/C29H32N2O4S2/c1-3-35-29(34)26-23-15-8-5-9-16-24(23)37-28(26)31-27(33)19(2)36-22-14-10-13-21(18-22)30-25(32)17-20-11-6-4-7-12-20/h4,6-7,10-14,18-19H,3,5,8-9,15-17H2,1-2H3,(H,30,32)(H,31,33). The van der Waals surface area contributed by atoms with Crippen molar-refractivity contribution in [1.29, 1.82) is 0 Å². The first-order valence-electron chi connectivity index (χ1n) is 12.7. The number of thioether (sulfide) groups is 1. The molecule has 4 rings (SSSR count). The number of hydrogen-bond acceptors (Lipinski definition) is 6. The molecule has 6 nitrogen and oxygen atoms in total. The molecule has 1 heterocycles. The molecule has 3 aromatic rings. The van der Waals surface area contributed by atoms with Gasteiger partial charge in [-0.2, -0.15) is 0 Å². The molecule has 0 radical (unpaired) electrons. The largest absolute Gasteiger partial charge is 0.462 e. The monoisotopic (exact) mass is 536 g/mol. The summed E-state index contributed by atoms with van der Waals surface area (Å²) in [6.07, 6.45) is 5.33. The molecule has 194 valence electrons. The lowest BCUT2D eigenvalue weighted by molar-refractivity contribution is -0.116. The maximum Gasteiger partial charge on any atom is 0.341 e. The molecule has 1 unspecified atom stereocenters. The van der Waals surface area contributed by atoms with E-state index in [9.17, 15) is 14.4 Å². The fourth-order valence-corrected chi connectivity index (χ4v) is 6.56.